The van der Waals surface area contributed by atoms with Gasteiger partial charge in [-0.2, -0.15) is 0 Å². The van der Waals surface area contributed by atoms with Crippen LogP contribution in [0.25, 0.3) is 0 Å². The average Bonchev–Trinajstić information content (AvgIpc) is 3.37. The maximum atomic E-state index is 13.0. The molecule has 0 radical (unpaired) electrons. The SMILES string of the molecule is Cc1ccc(S(=O)(=O)NC2CC2)cc1C(=O)NCC(c1ccccc1)N1CCCC1. The molecule has 1 heterocycles. The minimum Gasteiger partial charge on any atom is -0.350 e. The lowest BCUT2D eigenvalue weighted by atomic mass is 10.0. The van der Waals surface area contributed by atoms with Crippen molar-refractivity contribution >= 4 is 15.9 Å². The zero-order chi connectivity index (χ0) is 21.1. The molecule has 7 heteroatoms. The van der Waals surface area contributed by atoms with Gasteiger partial charge in [0.2, 0.25) is 10.0 Å². The Bertz CT molecular complexity index is 998. The molecule has 0 spiro atoms. The number of benzene rings is 2. The molecule has 6 nitrogen and oxygen atoms in total. The van der Waals surface area contributed by atoms with Gasteiger partial charge in [0.1, 0.15) is 0 Å². The van der Waals surface area contributed by atoms with Crippen LogP contribution in [-0.2, 0) is 10.0 Å². The van der Waals surface area contributed by atoms with Crippen LogP contribution in [0.1, 0.15) is 53.2 Å². The number of hydrogen-bond acceptors (Lipinski definition) is 4. The van der Waals surface area contributed by atoms with Crippen LogP contribution in [0.5, 0.6) is 0 Å². The fourth-order valence-corrected chi connectivity index (χ4v) is 5.30. The summed E-state index contributed by atoms with van der Waals surface area (Å²) in [5.74, 6) is -0.240. The van der Waals surface area contributed by atoms with E-state index in [-0.39, 0.29) is 22.9 Å². The van der Waals surface area contributed by atoms with Gasteiger partial charge in [0.25, 0.3) is 5.91 Å². The molecule has 1 unspecified atom stereocenters. The molecular weight excluding hydrogens is 398 g/mol. The van der Waals surface area contributed by atoms with Gasteiger partial charge < -0.3 is 5.32 Å². The van der Waals surface area contributed by atoms with Crippen molar-refractivity contribution in [3.05, 3.63) is 65.2 Å². The first-order chi connectivity index (χ1) is 14.4. The molecule has 2 aromatic rings. The second-order valence-corrected chi connectivity index (χ2v) is 9.97. The highest BCUT2D eigenvalue weighted by atomic mass is 32.2. The van der Waals surface area contributed by atoms with Gasteiger partial charge in [-0.05, 0) is 69.0 Å². The van der Waals surface area contributed by atoms with Crippen molar-refractivity contribution in [2.45, 2.75) is 49.6 Å². The molecule has 1 amide bonds. The van der Waals surface area contributed by atoms with E-state index in [1.165, 1.54) is 24.5 Å². The van der Waals surface area contributed by atoms with E-state index in [0.717, 1.165) is 31.5 Å². The molecule has 2 aromatic carbocycles. The quantitative estimate of drug-likeness (QED) is 0.679. The Morgan fingerprint density at radius 1 is 1.10 bits per heavy atom. The minimum absolute atomic E-state index is 0.0284. The Hall–Kier alpha value is -2.22. The molecule has 1 aliphatic carbocycles. The average molecular weight is 428 g/mol. The van der Waals surface area contributed by atoms with Crippen molar-refractivity contribution < 1.29 is 13.2 Å². The Balaban J connectivity index is 1.50. The van der Waals surface area contributed by atoms with Crippen molar-refractivity contribution in [2.24, 2.45) is 0 Å². The van der Waals surface area contributed by atoms with E-state index in [1.54, 1.807) is 12.1 Å². The number of sulfonamides is 1. The Morgan fingerprint density at radius 2 is 1.80 bits per heavy atom. The molecule has 1 saturated heterocycles. The topological polar surface area (TPSA) is 78.5 Å². The fraction of sp³-hybridized carbons (Fsp3) is 0.435. The normalized spacial score (nSPS) is 18.3. The van der Waals surface area contributed by atoms with Crippen LogP contribution in [0, 0.1) is 6.92 Å². The van der Waals surface area contributed by atoms with Crippen LogP contribution in [0.15, 0.2) is 53.4 Å². The van der Waals surface area contributed by atoms with Crippen LogP contribution in [-0.4, -0.2) is 44.9 Å². The second kappa shape index (κ2) is 8.88. The smallest absolute Gasteiger partial charge is 0.251 e. The number of rotatable bonds is 8. The number of nitrogens with zero attached hydrogens (tertiary/aromatic N) is 1. The van der Waals surface area contributed by atoms with Crippen molar-refractivity contribution in [3.8, 4) is 0 Å². The van der Waals surface area contributed by atoms with Crippen LogP contribution in [0.3, 0.4) is 0 Å². The third-order valence-corrected chi connectivity index (χ3v) is 7.40. The van der Waals surface area contributed by atoms with Crippen molar-refractivity contribution in [3.63, 3.8) is 0 Å². The number of carbonyl (C=O) groups is 1. The van der Waals surface area contributed by atoms with Crippen molar-refractivity contribution in [1.82, 2.24) is 14.9 Å². The van der Waals surface area contributed by atoms with E-state index in [2.05, 4.69) is 27.1 Å². The van der Waals surface area contributed by atoms with Gasteiger partial charge in [-0.15, -0.1) is 0 Å². The lowest BCUT2D eigenvalue weighted by molar-refractivity contribution is 0.0937. The van der Waals surface area contributed by atoms with Crippen molar-refractivity contribution in [2.75, 3.05) is 19.6 Å². The predicted octanol–water partition coefficient (Wildman–Crippen LogP) is 3.00. The van der Waals surface area contributed by atoms with Crippen LogP contribution in [0.4, 0.5) is 0 Å². The van der Waals surface area contributed by atoms with E-state index in [0.29, 0.717) is 12.1 Å². The maximum absolute atomic E-state index is 13.0. The summed E-state index contributed by atoms with van der Waals surface area (Å²) in [4.78, 5) is 15.5. The maximum Gasteiger partial charge on any atom is 0.251 e. The van der Waals surface area contributed by atoms with Crippen LogP contribution >= 0.6 is 0 Å². The molecule has 160 valence electrons. The van der Waals surface area contributed by atoms with Gasteiger partial charge >= 0.3 is 0 Å². The van der Waals surface area contributed by atoms with Gasteiger partial charge in [-0.25, -0.2) is 13.1 Å². The summed E-state index contributed by atoms with van der Waals surface area (Å²) in [6, 6.07) is 15.1. The second-order valence-electron chi connectivity index (χ2n) is 8.25. The molecule has 1 aliphatic heterocycles. The third kappa shape index (κ3) is 4.91. The summed E-state index contributed by atoms with van der Waals surface area (Å²) < 4.78 is 27.8. The molecule has 0 aromatic heterocycles. The molecular formula is C23H29N3O3S. The van der Waals surface area contributed by atoms with E-state index in [9.17, 15) is 13.2 Å². The minimum atomic E-state index is -3.60. The summed E-state index contributed by atoms with van der Waals surface area (Å²) in [6.45, 7) is 4.36. The molecule has 1 saturated carbocycles. The van der Waals surface area contributed by atoms with Crippen LogP contribution in [0.2, 0.25) is 0 Å². The number of hydrogen-bond donors (Lipinski definition) is 2. The van der Waals surface area contributed by atoms with E-state index >= 15 is 0 Å². The Labute approximate surface area is 178 Å². The number of carbonyl (C=O) groups excluding carboxylic acids is 1. The third-order valence-electron chi connectivity index (χ3n) is 5.88. The van der Waals surface area contributed by atoms with E-state index in [1.807, 2.05) is 25.1 Å². The van der Waals surface area contributed by atoms with Gasteiger partial charge in [-0.3, -0.25) is 9.69 Å². The van der Waals surface area contributed by atoms with Gasteiger partial charge in [0.15, 0.2) is 0 Å². The highest BCUT2D eigenvalue weighted by Gasteiger charge is 2.29. The number of aryl methyl sites for hydroxylation is 1. The van der Waals surface area contributed by atoms with Gasteiger partial charge in [0.05, 0.1) is 10.9 Å². The standard InChI is InChI=1S/C23H29N3O3S/c1-17-9-12-20(30(28,29)25-19-10-11-19)15-21(17)23(27)24-16-22(26-13-5-6-14-26)18-7-3-2-4-8-18/h2-4,7-9,12,15,19,22,25H,5-6,10-11,13-14,16H2,1H3,(H,24,27). The Morgan fingerprint density at radius 3 is 2.47 bits per heavy atom. The monoisotopic (exact) mass is 427 g/mol. The molecule has 2 aliphatic rings. The van der Waals surface area contributed by atoms with Gasteiger partial charge in [-0.1, -0.05) is 36.4 Å². The summed E-state index contributed by atoms with van der Waals surface area (Å²) in [5, 5.41) is 3.05. The summed E-state index contributed by atoms with van der Waals surface area (Å²) >= 11 is 0. The zero-order valence-corrected chi connectivity index (χ0v) is 18.1. The van der Waals surface area contributed by atoms with E-state index < -0.39 is 10.0 Å². The highest BCUT2D eigenvalue weighted by Crippen LogP contribution is 2.25. The summed E-state index contributed by atoms with van der Waals surface area (Å²) in [5.41, 5.74) is 2.35. The lowest BCUT2D eigenvalue weighted by Crippen LogP contribution is -2.37. The summed E-state index contributed by atoms with van der Waals surface area (Å²) in [7, 11) is -3.60. The first-order valence-electron chi connectivity index (χ1n) is 10.6. The molecule has 30 heavy (non-hydrogen) atoms. The number of amides is 1. The summed E-state index contributed by atoms with van der Waals surface area (Å²) in [6.07, 6.45) is 4.08. The molecule has 2 fully saturated rings. The lowest BCUT2D eigenvalue weighted by Gasteiger charge is -2.28. The molecule has 4 rings (SSSR count). The Kier molecular flexibility index (Phi) is 6.22. The molecule has 0 bridgehead atoms. The molecule has 2 N–H and O–H groups in total. The molecule has 1 atom stereocenters. The number of likely N-dealkylation sites (tertiary alicyclic amines) is 1. The zero-order valence-electron chi connectivity index (χ0n) is 17.3. The first kappa shape index (κ1) is 21.0. The van der Waals surface area contributed by atoms with Crippen molar-refractivity contribution in [1.29, 1.82) is 0 Å². The fourth-order valence-electron chi connectivity index (χ4n) is 3.97. The van der Waals surface area contributed by atoms with Gasteiger partial charge in [0, 0.05) is 18.2 Å². The largest absolute Gasteiger partial charge is 0.350 e. The number of nitrogens with one attached hydrogen (secondary N) is 2. The first-order valence-corrected chi connectivity index (χ1v) is 12.1. The van der Waals surface area contributed by atoms with Crippen LogP contribution < -0.4 is 10.0 Å². The highest BCUT2D eigenvalue weighted by molar-refractivity contribution is 7.89. The van der Waals surface area contributed by atoms with E-state index in [4.69, 9.17) is 0 Å². The predicted molar refractivity (Wildman–Crippen MR) is 117 cm³/mol.